The summed E-state index contributed by atoms with van der Waals surface area (Å²) in [6.07, 6.45) is -4.66. The fourth-order valence-electron chi connectivity index (χ4n) is 7.06. The molecule has 3 aromatic rings. The van der Waals surface area contributed by atoms with Gasteiger partial charge in [-0.25, -0.2) is 0 Å². The number of rotatable bonds is 6. The Morgan fingerprint density at radius 1 is 0.538 bits per heavy atom. The van der Waals surface area contributed by atoms with Crippen LogP contribution in [0.25, 0.3) is 0 Å². The second kappa shape index (κ2) is 9.42. The van der Waals surface area contributed by atoms with Gasteiger partial charge >= 0.3 is 0 Å². The molecular weight excluding hydrogens is 591 g/mol. The topological polar surface area (TPSA) is 9.72 Å². The molecule has 0 fully saturated rings. The molecule has 39 heavy (non-hydrogen) atoms. The van der Waals surface area contributed by atoms with E-state index in [9.17, 15) is 0 Å². The van der Waals surface area contributed by atoms with Gasteiger partial charge in [0.15, 0.2) is 0 Å². The average Bonchev–Trinajstić information content (AvgIpc) is 2.89. The van der Waals surface area contributed by atoms with Gasteiger partial charge in [0.2, 0.25) is 0 Å². The molecule has 6 rings (SSSR count). The number of anilines is 3. The highest BCUT2D eigenvalue weighted by Crippen LogP contribution is 2.67. The van der Waals surface area contributed by atoms with Crippen molar-refractivity contribution in [2.75, 3.05) is 37.7 Å². The first-order valence-electron chi connectivity index (χ1n) is 14.0. The van der Waals surface area contributed by atoms with E-state index < -0.39 is 18.4 Å². The van der Waals surface area contributed by atoms with Gasteiger partial charge in [0.05, 0.1) is 29.4 Å². The van der Waals surface area contributed by atoms with Crippen LogP contribution in [0.3, 0.4) is 0 Å². The summed E-state index contributed by atoms with van der Waals surface area (Å²) in [5.74, 6) is 0. The van der Waals surface area contributed by atoms with Crippen molar-refractivity contribution in [3.05, 3.63) is 53.1 Å². The second-order valence-corrected chi connectivity index (χ2v) is 24.7. The number of hydrogen-bond donors (Lipinski definition) is 0. The summed E-state index contributed by atoms with van der Waals surface area (Å²) in [5.41, 5.74) is 7.65. The van der Waals surface area contributed by atoms with Crippen LogP contribution in [0.2, 0.25) is 0 Å². The van der Waals surface area contributed by atoms with Crippen LogP contribution in [0.4, 0.5) is 17.1 Å². The molecule has 0 bridgehead atoms. The standard InChI is InChI=1S/C30H38N3P3S3/c1-9-31(10-2)35(38)24-15-19(5)13-22-28(24)33-29-23(34(22,8)37)14-20(6)16-25(29)36(39,32(11-3)12-4)27-18-21(7)17-26(35)30(27)33/h13-18H,9-12H2,1-8H3. The first-order valence-corrected chi connectivity index (χ1v) is 22.7. The van der Waals surface area contributed by atoms with Crippen LogP contribution in [0.5, 0.6) is 0 Å². The van der Waals surface area contributed by atoms with Crippen LogP contribution in [-0.4, -0.2) is 42.2 Å². The van der Waals surface area contributed by atoms with Crippen LogP contribution in [-0.2, 0) is 35.4 Å². The van der Waals surface area contributed by atoms with Gasteiger partial charge in [-0.2, -0.15) is 0 Å². The SMILES string of the molecule is CCN(CC)P1(=S)c2cc(C)cc3c2N2c4c(cc(C)cc4P(=S)(N(CC)CC)c4cc(C)cc1c42)P3(C)=S. The average molecular weight is 630 g/mol. The Balaban J connectivity index is 1.92. The van der Waals surface area contributed by atoms with Crippen molar-refractivity contribution in [1.82, 2.24) is 9.34 Å². The fraction of sp³-hybridized carbons (Fsp3) is 0.400. The predicted octanol–water partition coefficient (Wildman–Crippen LogP) is 5.46. The molecule has 0 aliphatic carbocycles. The van der Waals surface area contributed by atoms with Crippen molar-refractivity contribution in [2.24, 2.45) is 0 Å². The summed E-state index contributed by atoms with van der Waals surface area (Å²) in [4.78, 5) is 2.59. The van der Waals surface area contributed by atoms with E-state index in [0.29, 0.717) is 0 Å². The van der Waals surface area contributed by atoms with Gasteiger partial charge in [0, 0.05) is 64.0 Å². The lowest BCUT2D eigenvalue weighted by Gasteiger charge is -2.54. The molecule has 3 aliphatic rings. The van der Waals surface area contributed by atoms with Crippen molar-refractivity contribution >= 4 is 103 Å². The maximum absolute atomic E-state index is 7.01. The van der Waals surface area contributed by atoms with E-state index in [1.165, 1.54) is 65.6 Å². The minimum absolute atomic E-state index is 0.921. The van der Waals surface area contributed by atoms with E-state index in [4.69, 9.17) is 35.4 Å². The van der Waals surface area contributed by atoms with Gasteiger partial charge < -0.3 is 4.90 Å². The molecule has 206 valence electrons. The Morgan fingerprint density at radius 3 is 1.08 bits per heavy atom. The zero-order valence-corrected chi connectivity index (χ0v) is 29.3. The maximum atomic E-state index is 7.01. The number of benzene rings is 3. The first kappa shape index (κ1) is 28.4. The molecule has 0 amide bonds. The maximum Gasteiger partial charge on any atom is 0.0751 e. The highest BCUT2D eigenvalue weighted by Gasteiger charge is 2.52. The molecule has 3 aliphatic heterocycles. The summed E-state index contributed by atoms with van der Waals surface area (Å²) >= 11 is 20.7. The zero-order chi connectivity index (χ0) is 28.2. The lowest BCUT2D eigenvalue weighted by molar-refractivity contribution is 0.512. The third-order valence-electron chi connectivity index (χ3n) is 8.80. The van der Waals surface area contributed by atoms with Gasteiger partial charge in [-0.1, -0.05) is 63.1 Å². The number of aryl methyl sites for hydroxylation is 3. The van der Waals surface area contributed by atoms with Gasteiger partial charge in [-0.15, -0.1) is 0 Å². The molecule has 3 heterocycles. The Hall–Kier alpha value is -0.670. The molecule has 9 heteroatoms. The highest BCUT2D eigenvalue weighted by atomic mass is 32.4. The minimum Gasteiger partial charge on any atom is -0.306 e. The van der Waals surface area contributed by atoms with Crippen LogP contribution >= 0.6 is 18.4 Å². The van der Waals surface area contributed by atoms with Crippen molar-refractivity contribution in [2.45, 2.75) is 48.5 Å². The fourth-order valence-corrected chi connectivity index (χ4v) is 20.5. The van der Waals surface area contributed by atoms with Crippen LogP contribution in [0.15, 0.2) is 36.4 Å². The van der Waals surface area contributed by atoms with Gasteiger partial charge in [-0.05, 0) is 80.5 Å². The van der Waals surface area contributed by atoms with Crippen LogP contribution in [0.1, 0.15) is 44.4 Å². The second-order valence-electron chi connectivity index (χ2n) is 11.1. The Bertz CT molecular complexity index is 1610. The molecule has 0 saturated carbocycles. The van der Waals surface area contributed by atoms with Gasteiger partial charge in [-0.3, -0.25) is 9.34 Å². The van der Waals surface area contributed by atoms with Crippen LogP contribution in [0, 0.1) is 20.8 Å². The molecule has 0 aromatic heterocycles. The first-order chi connectivity index (χ1) is 18.4. The van der Waals surface area contributed by atoms with E-state index in [2.05, 4.69) is 106 Å². The Kier molecular flexibility index (Phi) is 6.87. The largest absolute Gasteiger partial charge is 0.306 e. The third kappa shape index (κ3) is 3.50. The molecule has 0 saturated heterocycles. The van der Waals surface area contributed by atoms with Gasteiger partial charge in [0.1, 0.15) is 0 Å². The number of nitrogens with zero attached hydrogens (tertiary/aromatic N) is 3. The lowest BCUT2D eigenvalue weighted by atomic mass is 10.1. The van der Waals surface area contributed by atoms with Crippen molar-refractivity contribution in [3.63, 3.8) is 0 Å². The summed E-state index contributed by atoms with van der Waals surface area (Å²) in [6, 6.07) is 12.3. The summed E-state index contributed by atoms with van der Waals surface area (Å²) in [5, 5.41) is 7.95. The molecular formula is C30H38N3P3S3. The molecule has 3 aromatic carbocycles. The zero-order valence-electron chi connectivity index (χ0n) is 24.2. The number of hydrogen-bond acceptors (Lipinski definition) is 4. The van der Waals surface area contributed by atoms with E-state index in [0.717, 1.165) is 26.2 Å². The van der Waals surface area contributed by atoms with Crippen molar-refractivity contribution in [1.29, 1.82) is 0 Å². The molecule has 0 radical (unpaired) electrons. The molecule has 3 nitrogen and oxygen atoms in total. The van der Waals surface area contributed by atoms with E-state index in [-0.39, 0.29) is 0 Å². The predicted molar refractivity (Wildman–Crippen MR) is 188 cm³/mol. The monoisotopic (exact) mass is 629 g/mol. The molecule has 2 atom stereocenters. The van der Waals surface area contributed by atoms with E-state index in [1.54, 1.807) is 0 Å². The third-order valence-corrected chi connectivity index (χ3v) is 22.9. The van der Waals surface area contributed by atoms with Crippen LogP contribution < -0.4 is 36.7 Å². The van der Waals surface area contributed by atoms with Crippen molar-refractivity contribution < 1.29 is 0 Å². The Labute approximate surface area is 250 Å². The Morgan fingerprint density at radius 2 is 0.795 bits per heavy atom. The highest BCUT2D eigenvalue weighted by molar-refractivity contribution is 8.23. The smallest absolute Gasteiger partial charge is 0.0751 e. The van der Waals surface area contributed by atoms with Gasteiger partial charge in [0.25, 0.3) is 0 Å². The summed E-state index contributed by atoms with van der Waals surface area (Å²) < 4.78 is 5.15. The normalized spacial score (nSPS) is 25.8. The van der Waals surface area contributed by atoms with E-state index >= 15 is 0 Å². The molecule has 2 unspecified atom stereocenters. The molecule has 0 N–H and O–H groups in total. The van der Waals surface area contributed by atoms with E-state index in [1.807, 2.05) is 0 Å². The van der Waals surface area contributed by atoms with Crippen molar-refractivity contribution in [3.8, 4) is 0 Å². The summed E-state index contributed by atoms with van der Waals surface area (Å²) in [6.45, 7) is 21.7. The minimum atomic E-state index is -2.33. The summed E-state index contributed by atoms with van der Waals surface area (Å²) in [7, 11) is 0. The molecule has 0 spiro atoms. The quantitative estimate of drug-likeness (QED) is 0.333. The lowest BCUT2D eigenvalue weighted by Crippen LogP contribution is -2.53.